The number of aromatic hydroxyl groups is 1. The van der Waals surface area contributed by atoms with E-state index in [1.165, 1.54) is 7.11 Å². The summed E-state index contributed by atoms with van der Waals surface area (Å²) in [4.78, 5) is 12.7. The summed E-state index contributed by atoms with van der Waals surface area (Å²) in [6.45, 7) is 4.94. The highest BCUT2D eigenvalue weighted by Gasteiger charge is 2.34. The van der Waals surface area contributed by atoms with E-state index in [9.17, 15) is 9.90 Å². The molecule has 0 saturated heterocycles. The fourth-order valence-electron chi connectivity index (χ4n) is 2.73. The number of hydrogen-bond acceptors (Lipinski definition) is 5. The zero-order valence-electron chi connectivity index (χ0n) is 13.7. The Labute approximate surface area is 159 Å². The van der Waals surface area contributed by atoms with Crippen molar-refractivity contribution >= 4 is 40.8 Å². The zero-order valence-corrected chi connectivity index (χ0v) is 16.0. The van der Waals surface area contributed by atoms with Crippen LogP contribution < -0.4 is 14.2 Å². The van der Waals surface area contributed by atoms with Crippen LogP contribution in [0.3, 0.4) is 0 Å². The SMILES string of the molecule is COc1c(C)c2c(c(C)c1Cl)Oc1c(Cl)c(O)c(Cl)c(C)c1C(=O)O2. The highest BCUT2D eigenvalue weighted by atomic mass is 35.5. The van der Waals surface area contributed by atoms with Gasteiger partial charge in [-0.1, -0.05) is 34.8 Å². The van der Waals surface area contributed by atoms with Gasteiger partial charge in [-0.3, -0.25) is 0 Å². The van der Waals surface area contributed by atoms with Crippen LogP contribution in [0.1, 0.15) is 27.0 Å². The van der Waals surface area contributed by atoms with Gasteiger partial charge in [-0.25, -0.2) is 4.79 Å². The van der Waals surface area contributed by atoms with Gasteiger partial charge in [-0.15, -0.1) is 0 Å². The number of esters is 1. The first-order valence-corrected chi connectivity index (χ1v) is 8.31. The summed E-state index contributed by atoms with van der Waals surface area (Å²) in [6.07, 6.45) is 0. The Morgan fingerprint density at radius 1 is 0.840 bits per heavy atom. The van der Waals surface area contributed by atoms with Crippen molar-refractivity contribution in [3.63, 3.8) is 0 Å². The number of halogens is 3. The summed E-state index contributed by atoms with van der Waals surface area (Å²) in [6, 6.07) is 0. The minimum atomic E-state index is -0.707. The Morgan fingerprint density at radius 3 is 2.04 bits per heavy atom. The number of ether oxygens (including phenoxy) is 3. The molecular weight excluding hydrogens is 391 g/mol. The van der Waals surface area contributed by atoms with E-state index in [4.69, 9.17) is 49.0 Å². The minimum Gasteiger partial charge on any atom is -0.505 e. The lowest BCUT2D eigenvalue weighted by atomic mass is 10.1. The quantitative estimate of drug-likeness (QED) is 0.495. The molecule has 3 rings (SSSR count). The van der Waals surface area contributed by atoms with Crippen molar-refractivity contribution in [2.24, 2.45) is 0 Å². The third-order valence-electron chi connectivity index (χ3n) is 4.11. The fourth-order valence-corrected chi connectivity index (χ4v) is 3.50. The van der Waals surface area contributed by atoms with Crippen LogP contribution in [0, 0.1) is 20.8 Å². The zero-order chi connectivity index (χ0) is 18.6. The Balaban J connectivity index is 2.38. The minimum absolute atomic E-state index is 0.0337. The smallest absolute Gasteiger partial charge is 0.347 e. The Kier molecular flexibility index (Phi) is 4.43. The van der Waals surface area contributed by atoms with Crippen LogP contribution in [0.2, 0.25) is 15.1 Å². The maximum absolute atomic E-state index is 12.7. The molecule has 132 valence electrons. The lowest BCUT2D eigenvalue weighted by Gasteiger charge is -2.17. The van der Waals surface area contributed by atoms with E-state index in [0.717, 1.165) is 0 Å². The maximum atomic E-state index is 12.7. The van der Waals surface area contributed by atoms with E-state index in [-0.39, 0.29) is 38.6 Å². The molecule has 0 saturated carbocycles. The highest BCUT2D eigenvalue weighted by molar-refractivity contribution is 6.39. The standard InChI is InChI=1S/C17H13Cl3O5/c1-5-8-16(11(20)12(21)9(5)18)24-14-6(2)10(19)13(23-4)7(3)15(14)25-17(8)22/h21H,1-4H3. The molecule has 25 heavy (non-hydrogen) atoms. The molecule has 0 fully saturated rings. The number of fused-ring (bicyclic) bond motifs is 2. The molecule has 1 aliphatic heterocycles. The molecule has 2 aromatic carbocycles. The summed E-state index contributed by atoms with van der Waals surface area (Å²) in [7, 11) is 1.47. The average Bonchev–Trinajstić information content (AvgIpc) is 2.73. The molecular formula is C17H13Cl3O5. The van der Waals surface area contributed by atoms with Gasteiger partial charge in [0.05, 0.1) is 17.2 Å². The van der Waals surface area contributed by atoms with Gasteiger partial charge < -0.3 is 19.3 Å². The fraction of sp³-hybridized carbons (Fsp3) is 0.235. The molecule has 0 amide bonds. The topological polar surface area (TPSA) is 65.0 Å². The lowest BCUT2D eigenvalue weighted by molar-refractivity contribution is 0.0735. The van der Waals surface area contributed by atoms with Crippen molar-refractivity contribution < 1.29 is 24.1 Å². The van der Waals surface area contributed by atoms with Crippen LogP contribution in [0.25, 0.3) is 0 Å². The van der Waals surface area contributed by atoms with Crippen LogP contribution in [0.4, 0.5) is 0 Å². The molecule has 1 heterocycles. The van der Waals surface area contributed by atoms with Crippen LogP contribution in [0.5, 0.6) is 28.7 Å². The average molecular weight is 404 g/mol. The van der Waals surface area contributed by atoms with Crippen molar-refractivity contribution in [2.45, 2.75) is 20.8 Å². The lowest BCUT2D eigenvalue weighted by Crippen LogP contribution is -2.10. The number of carbonyl (C=O) groups is 1. The highest BCUT2D eigenvalue weighted by Crippen LogP contribution is 2.53. The predicted octanol–water partition coefficient (Wildman–Crippen LogP) is 5.61. The number of phenols is 1. The number of phenolic OH excluding ortho intramolecular Hbond substituents is 1. The largest absolute Gasteiger partial charge is 0.505 e. The normalized spacial score (nSPS) is 12.7. The van der Waals surface area contributed by atoms with E-state index in [1.54, 1.807) is 20.8 Å². The van der Waals surface area contributed by atoms with Crippen LogP contribution in [-0.4, -0.2) is 18.2 Å². The van der Waals surface area contributed by atoms with Crippen LogP contribution in [-0.2, 0) is 0 Å². The number of rotatable bonds is 1. The van der Waals surface area contributed by atoms with Gasteiger partial charge in [0.1, 0.15) is 16.3 Å². The van der Waals surface area contributed by atoms with Crippen molar-refractivity contribution in [3.8, 4) is 28.7 Å². The van der Waals surface area contributed by atoms with Crippen molar-refractivity contribution in [1.29, 1.82) is 0 Å². The van der Waals surface area contributed by atoms with E-state index in [0.29, 0.717) is 27.5 Å². The van der Waals surface area contributed by atoms with Crippen molar-refractivity contribution in [3.05, 3.63) is 37.3 Å². The van der Waals surface area contributed by atoms with Crippen LogP contribution in [0.15, 0.2) is 0 Å². The second-order valence-electron chi connectivity index (χ2n) is 5.55. The molecule has 1 N–H and O–H groups in total. The Hall–Kier alpha value is -1.82. The first kappa shape index (κ1) is 18.0. The second-order valence-corrected chi connectivity index (χ2v) is 6.69. The van der Waals surface area contributed by atoms with Gasteiger partial charge in [0.2, 0.25) is 0 Å². The molecule has 2 aromatic rings. The summed E-state index contributed by atoms with van der Waals surface area (Å²) >= 11 is 18.5. The molecule has 0 atom stereocenters. The predicted molar refractivity (Wildman–Crippen MR) is 95.4 cm³/mol. The molecule has 0 bridgehead atoms. The molecule has 0 unspecified atom stereocenters. The van der Waals surface area contributed by atoms with E-state index in [1.807, 2.05) is 0 Å². The molecule has 1 aliphatic rings. The third kappa shape index (κ3) is 2.49. The number of benzene rings is 2. The van der Waals surface area contributed by atoms with Gasteiger partial charge in [-0.05, 0) is 26.3 Å². The summed E-state index contributed by atoms with van der Waals surface area (Å²) in [5.74, 6) is -0.339. The van der Waals surface area contributed by atoms with Gasteiger partial charge in [0.15, 0.2) is 23.0 Å². The summed E-state index contributed by atoms with van der Waals surface area (Å²) in [5.41, 5.74) is 1.34. The Morgan fingerprint density at radius 2 is 1.44 bits per heavy atom. The maximum Gasteiger partial charge on any atom is 0.347 e. The van der Waals surface area contributed by atoms with Crippen molar-refractivity contribution in [1.82, 2.24) is 0 Å². The first-order chi connectivity index (χ1) is 11.7. The van der Waals surface area contributed by atoms with Crippen LogP contribution >= 0.6 is 34.8 Å². The van der Waals surface area contributed by atoms with Gasteiger partial charge in [0, 0.05) is 11.1 Å². The molecule has 0 aromatic heterocycles. The summed E-state index contributed by atoms with van der Waals surface area (Å²) < 4.78 is 16.7. The molecule has 0 spiro atoms. The summed E-state index contributed by atoms with van der Waals surface area (Å²) in [5, 5.41) is 10.2. The molecule has 0 aliphatic carbocycles. The van der Waals surface area contributed by atoms with Gasteiger partial charge in [0.25, 0.3) is 0 Å². The monoisotopic (exact) mass is 402 g/mol. The first-order valence-electron chi connectivity index (χ1n) is 7.17. The van der Waals surface area contributed by atoms with Gasteiger partial charge in [-0.2, -0.15) is 0 Å². The number of methoxy groups -OCH3 is 1. The van der Waals surface area contributed by atoms with Crippen molar-refractivity contribution in [2.75, 3.05) is 7.11 Å². The third-order valence-corrected chi connectivity index (χ3v) is 5.38. The molecule has 0 radical (unpaired) electrons. The van der Waals surface area contributed by atoms with E-state index in [2.05, 4.69) is 0 Å². The Bertz CT molecular complexity index is 937. The number of carbonyl (C=O) groups excluding carboxylic acids is 1. The number of hydrogen-bond donors (Lipinski definition) is 1. The van der Waals surface area contributed by atoms with E-state index < -0.39 is 5.97 Å². The molecule has 5 nitrogen and oxygen atoms in total. The van der Waals surface area contributed by atoms with E-state index >= 15 is 0 Å². The van der Waals surface area contributed by atoms with Gasteiger partial charge >= 0.3 is 5.97 Å². The molecule has 8 heteroatoms. The second kappa shape index (κ2) is 6.16.